The van der Waals surface area contributed by atoms with Gasteiger partial charge in [0.2, 0.25) is 0 Å². The minimum Gasteiger partial charge on any atom is -0.400 e. The van der Waals surface area contributed by atoms with Crippen molar-refractivity contribution in [3.63, 3.8) is 0 Å². The molecule has 1 aliphatic carbocycles. The Hall–Kier alpha value is -2.48. The third-order valence-corrected chi connectivity index (χ3v) is 4.86. The van der Waals surface area contributed by atoms with E-state index in [-0.39, 0.29) is 17.6 Å². The summed E-state index contributed by atoms with van der Waals surface area (Å²) in [4.78, 5) is 23.9. The zero-order chi connectivity index (χ0) is 16.2. The molecule has 0 unspecified atom stereocenters. The molecule has 7 nitrogen and oxygen atoms in total. The van der Waals surface area contributed by atoms with Crippen molar-refractivity contribution >= 4 is 29.3 Å². The number of amides is 1. The number of hydrazone groups is 1. The Morgan fingerprint density at radius 3 is 2.96 bits per heavy atom. The second-order valence-electron chi connectivity index (χ2n) is 5.25. The lowest BCUT2D eigenvalue weighted by molar-refractivity contribution is -0.402. The highest BCUT2D eigenvalue weighted by atomic mass is 32.1. The van der Waals surface area contributed by atoms with Crippen LogP contribution < -0.4 is 5.43 Å². The number of thiophene rings is 1. The summed E-state index contributed by atoms with van der Waals surface area (Å²) in [7, 11) is 0. The second-order valence-corrected chi connectivity index (χ2v) is 6.39. The largest absolute Gasteiger partial charge is 0.433 e. The van der Waals surface area contributed by atoms with Crippen LogP contribution in [-0.4, -0.2) is 17.0 Å². The Balaban J connectivity index is 1.62. The number of hydrogen-bond acceptors (Lipinski definition) is 6. The molecule has 0 radical (unpaired) electrons. The van der Waals surface area contributed by atoms with Crippen LogP contribution >= 0.6 is 11.3 Å². The van der Waals surface area contributed by atoms with E-state index in [0.29, 0.717) is 4.88 Å². The van der Waals surface area contributed by atoms with Gasteiger partial charge in [-0.15, -0.1) is 11.3 Å². The molecule has 2 aromatic heterocycles. The monoisotopic (exact) mass is 333 g/mol. The van der Waals surface area contributed by atoms with Gasteiger partial charge in [0.05, 0.1) is 17.2 Å². The van der Waals surface area contributed by atoms with Gasteiger partial charge in [-0.2, -0.15) is 5.10 Å². The van der Waals surface area contributed by atoms with Gasteiger partial charge < -0.3 is 4.42 Å². The Kier molecular flexibility index (Phi) is 4.52. The molecule has 1 amide bonds. The molecule has 0 bridgehead atoms. The van der Waals surface area contributed by atoms with E-state index in [1.807, 2.05) is 6.07 Å². The predicted molar refractivity (Wildman–Crippen MR) is 86.0 cm³/mol. The summed E-state index contributed by atoms with van der Waals surface area (Å²) in [6.45, 7) is 0. The van der Waals surface area contributed by atoms with Crippen LogP contribution in [0.2, 0.25) is 0 Å². The molecule has 2 heterocycles. The number of nitrogens with zero attached hydrogens (tertiary/aromatic N) is 2. The number of furan rings is 1. The fraction of sp³-hybridized carbons (Fsp3) is 0.333. The van der Waals surface area contributed by atoms with E-state index in [2.05, 4.69) is 10.5 Å². The van der Waals surface area contributed by atoms with Gasteiger partial charge in [0, 0.05) is 4.88 Å². The summed E-state index contributed by atoms with van der Waals surface area (Å²) in [6, 6.07) is 4.59. The van der Waals surface area contributed by atoms with E-state index in [4.69, 9.17) is 4.42 Å². The fourth-order valence-corrected chi connectivity index (χ4v) is 3.64. The molecule has 23 heavy (non-hydrogen) atoms. The molecule has 0 saturated carbocycles. The number of hydrogen-bond donors (Lipinski definition) is 1. The number of nitro groups is 1. The van der Waals surface area contributed by atoms with Gasteiger partial charge in [0.25, 0.3) is 5.91 Å². The molecule has 0 spiro atoms. The van der Waals surface area contributed by atoms with Gasteiger partial charge in [0.1, 0.15) is 4.92 Å². The number of aryl methyl sites for hydroxylation is 2. The predicted octanol–water partition coefficient (Wildman–Crippen LogP) is 3.28. The molecular weight excluding hydrogens is 318 g/mol. The maximum Gasteiger partial charge on any atom is 0.433 e. The van der Waals surface area contributed by atoms with Gasteiger partial charge in [0.15, 0.2) is 5.76 Å². The summed E-state index contributed by atoms with van der Waals surface area (Å²) in [5.74, 6) is -0.431. The maximum absolute atomic E-state index is 12.1. The van der Waals surface area contributed by atoms with E-state index < -0.39 is 4.92 Å². The summed E-state index contributed by atoms with van der Waals surface area (Å²) < 4.78 is 4.92. The number of rotatable bonds is 4. The first-order valence-corrected chi connectivity index (χ1v) is 8.14. The van der Waals surface area contributed by atoms with Crippen molar-refractivity contribution in [3.05, 3.63) is 49.4 Å². The Labute approximate surface area is 136 Å². The zero-order valence-electron chi connectivity index (χ0n) is 12.3. The standard InChI is InChI=1S/C15H15N3O4S/c19-15(13-8-10-4-2-1-3-5-12(10)23-13)17-16-9-11-6-7-14(22-11)18(20)21/h6-9H,1-5H2,(H,17,19)/b16-9-. The normalized spacial score (nSPS) is 14.4. The number of nitrogens with one attached hydrogen (secondary N) is 1. The quantitative estimate of drug-likeness (QED) is 0.402. The maximum atomic E-state index is 12.1. The van der Waals surface area contributed by atoms with Crippen LogP contribution in [0.4, 0.5) is 5.88 Å². The summed E-state index contributed by atoms with van der Waals surface area (Å²) in [6.07, 6.45) is 6.88. The molecular formula is C15H15N3O4S. The van der Waals surface area contributed by atoms with Crippen LogP contribution in [0.25, 0.3) is 0 Å². The van der Waals surface area contributed by atoms with Crippen molar-refractivity contribution in [3.8, 4) is 0 Å². The van der Waals surface area contributed by atoms with Crippen molar-refractivity contribution in [1.82, 2.24) is 5.43 Å². The third-order valence-electron chi connectivity index (χ3n) is 3.62. The lowest BCUT2D eigenvalue weighted by Gasteiger charge is -1.95. The fourth-order valence-electron chi connectivity index (χ4n) is 2.50. The smallest absolute Gasteiger partial charge is 0.400 e. The van der Waals surface area contributed by atoms with Crippen molar-refractivity contribution < 1.29 is 14.1 Å². The first kappa shape index (κ1) is 15.4. The van der Waals surface area contributed by atoms with Gasteiger partial charge in [-0.25, -0.2) is 5.43 Å². The number of fused-ring (bicyclic) bond motifs is 1. The van der Waals surface area contributed by atoms with Crippen LogP contribution in [0.3, 0.4) is 0 Å². The Bertz CT molecular complexity index is 739. The minimum absolute atomic E-state index is 0.207. The van der Waals surface area contributed by atoms with Crippen LogP contribution in [0.5, 0.6) is 0 Å². The van der Waals surface area contributed by atoms with Crippen molar-refractivity contribution in [2.45, 2.75) is 32.1 Å². The van der Waals surface area contributed by atoms with E-state index >= 15 is 0 Å². The van der Waals surface area contributed by atoms with Crippen LogP contribution in [0.1, 0.15) is 45.1 Å². The van der Waals surface area contributed by atoms with Gasteiger partial charge in [-0.1, -0.05) is 6.42 Å². The second kappa shape index (κ2) is 6.74. The highest BCUT2D eigenvalue weighted by Gasteiger charge is 2.16. The number of carbonyl (C=O) groups excluding carboxylic acids is 1. The van der Waals surface area contributed by atoms with E-state index in [0.717, 1.165) is 12.8 Å². The molecule has 1 aliphatic rings. The number of carbonyl (C=O) groups is 1. The lowest BCUT2D eigenvalue weighted by Crippen LogP contribution is -2.16. The molecule has 120 valence electrons. The van der Waals surface area contributed by atoms with Gasteiger partial charge >= 0.3 is 5.88 Å². The van der Waals surface area contributed by atoms with Crippen molar-refractivity contribution in [2.75, 3.05) is 0 Å². The minimum atomic E-state index is -0.630. The molecule has 0 atom stereocenters. The summed E-state index contributed by atoms with van der Waals surface area (Å²) in [5, 5.41) is 14.3. The molecule has 0 saturated heterocycles. The lowest BCUT2D eigenvalue weighted by atomic mass is 10.1. The van der Waals surface area contributed by atoms with E-state index in [1.165, 1.54) is 59.4 Å². The Morgan fingerprint density at radius 2 is 2.17 bits per heavy atom. The van der Waals surface area contributed by atoms with Crippen LogP contribution in [0, 0.1) is 10.1 Å². The highest BCUT2D eigenvalue weighted by molar-refractivity contribution is 7.14. The third kappa shape index (κ3) is 3.65. The van der Waals surface area contributed by atoms with E-state index in [1.54, 1.807) is 0 Å². The first-order chi connectivity index (χ1) is 11.1. The average Bonchev–Trinajstić information content (AvgIpc) is 3.10. The molecule has 3 rings (SSSR count). The van der Waals surface area contributed by atoms with Gasteiger partial charge in [-0.3, -0.25) is 14.9 Å². The van der Waals surface area contributed by atoms with Crippen LogP contribution in [0.15, 0.2) is 27.7 Å². The van der Waals surface area contributed by atoms with Gasteiger partial charge in [-0.05, 0) is 43.4 Å². The molecule has 8 heteroatoms. The zero-order valence-corrected chi connectivity index (χ0v) is 13.1. The first-order valence-electron chi connectivity index (χ1n) is 7.32. The van der Waals surface area contributed by atoms with Crippen molar-refractivity contribution in [1.29, 1.82) is 0 Å². The SMILES string of the molecule is O=C(N/N=C\c1ccc([N+](=O)[O-])o1)c1cc2c(s1)CCCCC2. The summed E-state index contributed by atoms with van der Waals surface area (Å²) in [5.41, 5.74) is 3.69. The van der Waals surface area contributed by atoms with Crippen LogP contribution in [-0.2, 0) is 12.8 Å². The van der Waals surface area contributed by atoms with E-state index in [9.17, 15) is 14.9 Å². The average molecular weight is 333 g/mol. The molecule has 2 aromatic rings. The van der Waals surface area contributed by atoms with Crippen molar-refractivity contribution in [2.24, 2.45) is 5.10 Å². The Morgan fingerprint density at radius 1 is 1.35 bits per heavy atom. The molecule has 0 aromatic carbocycles. The molecule has 0 aliphatic heterocycles. The molecule has 1 N–H and O–H groups in total. The topological polar surface area (TPSA) is 97.7 Å². The molecule has 0 fully saturated rings. The summed E-state index contributed by atoms with van der Waals surface area (Å²) >= 11 is 1.51. The highest BCUT2D eigenvalue weighted by Crippen LogP contribution is 2.28.